The van der Waals surface area contributed by atoms with E-state index in [0.717, 1.165) is 98.8 Å². The highest BCUT2D eigenvalue weighted by Gasteiger charge is 2.24. The molecule has 0 spiro atoms. The molecule has 0 N–H and O–H groups in total. The third-order valence-electron chi connectivity index (χ3n) is 13.4. The van der Waals surface area contributed by atoms with Gasteiger partial charge in [-0.25, -0.2) is 15.0 Å². The molecule has 3 aromatic heterocycles. The summed E-state index contributed by atoms with van der Waals surface area (Å²) in [6, 6.07) is 77.5. The Balaban J connectivity index is 1.12. The number of fused-ring (bicyclic) bond motifs is 11. The lowest BCUT2D eigenvalue weighted by molar-refractivity contribution is 0.673. The Kier molecular flexibility index (Phi) is 7.91. The van der Waals surface area contributed by atoms with Gasteiger partial charge in [0.05, 0.1) is 11.0 Å². The lowest BCUT2D eigenvalue weighted by Crippen LogP contribution is -2.03. The van der Waals surface area contributed by atoms with Gasteiger partial charge in [-0.2, -0.15) is 0 Å². The first kappa shape index (κ1) is 36.5. The first-order chi connectivity index (χ1) is 32.7. The monoisotopic (exact) mass is 840 g/mol. The fraction of sp³-hybridized carbons (Fsp3) is 0. The number of hydrogen-bond donors (Lipinski definition) is 0. The number of hydrogen-bond acceptors (Lipinski definition) is 4. The van der Waals surface area contributed by atoms with E-state index < -0.39 is 0 Å². The van der Waals surface area contributed by atoms with E-state index in [1.54, 1.807) is 0 Å². The van der Waals surface area contributed by atoms with E-state index in [1.807, 2.05) is 24.3 Å². The molecule has 0 aliphatic carbocycles. The van der Waals surface area contributed by atoms with Gasteiger partial charge < -0.3 is 8.98 Å². The van der Waals surface area contributed by atoms with Crippen molar-refractivity contribution in [2.75, 3.05) is 0 Å². The Morgan fingerprint density at radius 3 is 1.67 bits per heavy atom. The summed E-state index contributed by atoms with van der Waals surface area (Å²) < 4.78 is 9.23. The minimum Gasteiger partial charge on any atom is -0.455 e. The second-order valence-corrected chi connectivity index (χ2v) is 17.1. The third-order valence-corrected chi connectivity index (χ3v) is 13.4. The zero-order valence-corrected chi connectivity index (χ0v) is 35.5. The van der Waals surface area contributed by atoms with Gasteiger partial charge in [-0.05, 0) is 103 Å². The minimum atomic E-state index is 0.583. The van der Waals surface area contributed by atoms with Crippen molar-refractivity contribution in [3.05, 3.63) is 218 Å². The average Bonchev–Trinajstić information content (AvgIpc) is 3.93. The van der Waals surface area contributed by atoms with E-state index in [0.29, 0.717) is 17.5 Å². The van der Waals surface area contributed by atoms with Gasteiger partial charge in [-0.15, -0.1) is 0 Å². The second-order valence-electron chi connectivity index (χ2n) is 17.1. The SMILES string of the molecule is c1ccc(-c2nc(-c3ccc(-n4c5ccccc5c5cc6ccccc6cc54)cc3-c3cc4ccccc4c4oc5ccccc5c34)nc(-c3c4ccccc4cc4ccccc34)n2)cc1. The summed E-state index contributed by atoms with van der Waals surface area (Å²) in [5, 5.41) is 13.5. The van der Waals surface area contributed by atoms with Crippen molar-refractivity contribution >= 4 is 86.8 Å². The smallest absolute Gasteiger partial charge is 0.165 e. The summed E-state index contributed by atoms with van der Waals surface area (Å²) in [5.41, 5.74) is 9.81. The van der Waals surface area contributed by atoms with E-state index in [2.05, 4.69) is 199 Å². The third kappa shape index (κ3) is 5.57. The first-order valence-corrected chi connectivity index (χ1v) is 22.3. The Hall–Kier alpha value is -8.93. The van der Waals surface area contributed by atoms with Crippen LogP contribution in [0.5, 0.6) is 0 Å². The van der Waals surface area contributed by atoms with Crippen LogP contribution >= 0.6 is 0 Å². The highest BCUT2D eigenvalue weighted by molar-refractivity contribution is 6.22. The van der Waals surface area contributed by atoms with Crippen LogP contribution in [0.15, 0.2) is 223 Å². The van der Waals surface area contributed by atoms with Crippen LogP contribution in [0, 0.1) is 0 Å². The zero-order chi connectivity index (χ0) is 43.3. The predicted molar refractivity (Wildman–Crippen MR) is 273 cm³/mol. The topological polar surface area (TPSA) is 56.7 Å². The quantitative estimate of drug-likeness (QED) is 0.162. The molecule has 14 rings (SSSR count). The van der Waals surface area contributed by atoms with Crippen LogP contribution in [0.3, 0.4) is 0 Å². The number of rotatable bonds is 5. The van der Waals surface area contributed by atoms with Crippen LogP contribution in [-0.2, 0) is 0 Å². The van der Waals surface area contributed by atoms with Crippen LogP contribution in [0.4, 0.5) is 0 Å². The summed E-state index contributed by atoms with van der Waals surface area (Å²) in [7, 11) is 0. The normalized spacial score (nSPS) is 11.9. The van der Waals surface area contributed by atoms with Gasteiger partial charge in [-0.1, -0.05) is 164 Å². The summed E-state index contributed by atoms with van der Waals surface area (Å²) >= 11 is 0. The molecule has 306 valence electrons. The van der Waals surface area contributed by atoms with Gasteiger partial charge in [-0.3, -0.25) is 0 Å². The molecule has 3 heterocycles. The first-order valence-electron chi connectivity index (χ1n) is 22.3. The van der Waals surface area contributed by atoms with Gasteiger partial charge in [0.1, 0.15) is 11.2 Å². The maximum Gasteiger partial charge on any atom is 0.165 e. The largest absolute Gasteiger partial charge is 0.455 e. The Bertz CT molecular complexity index is 4240. The summed E-state index contributed by atoms with van der Waals surface area (Å²) in [6.07, 6.45) is 0. The Morgan fingerprint density at radius 2 is 0.909 bits per heavy atom. The van der Waals surface area contributed by atoms with Crippen LogP contribution in [0.25, 0.3) is 138 Å². The maximum absolute atomic E-state index is 6.82. The van der Waals surface area contributed by atoms with Gasteiger partial charge in [0.25, 0.3) is 0 Å². The maximum atomic E-state index is 6.82. The number of benzene rings is 11. The van der Waals surface area contributed by atoms with E-state index >= 15 is 0 Å². The number of para-hydroxylation sites is 2. The molecule has 66 heavy (non-hydrogen) atoms. The molecule has 0 fully saturated rings. The van der Waals surface area contributed by atoms with Gasteiger partial charge in [0, 0.05) is 49.3 Å². The highest BCUT2D eigenvalue weighted by Crippen LogP contribution is 2.46. The molecule has 5 heteroatoms. The Morgan fingerprint density at radius 1 is 0.333 bits per heavy atom. The van der Waals surface area contributed by atoms with Crippen LogP contribution in [0.1, 0.15) is 0 Å². The van der Waals surface area contributed by atoms with Crippen molar-refractivity contribution in [3.63, 3.8) is 0 Å². The fourth-order valence-corrected chi connectivity index (χ4v) is 10.4. The van der Waals surface area contributed by atoms with Crippen molar-refractivity contribution in [1.29, 1.82) is 0 Å². The van der Waals surface area contributed by atoms with Crippen molar-refractivity contribution in [2.24, 2.45) is 0 Å². The summed E-state index contributed by atoms with van der Waals surface area (Å²) in [6.45, 7) is 0. The van der Waals surface area contributed by atoms with Crippen molar-refractivity contribution < 1.29 is 4.42 Å². The molecule has 0 atom stereocenters. The molecule has 0 saturated carbocycles. The van der Waals surface area contributed by atoms with Crippen molar-refractivity contribution in [2.45, 2.75) is 0 Å². The fourth-order valence-electron chi connectivity index (χ4n) is 10.4. The average molecular weight is 841 g/mol. The molecule has 0 aliphatic heterocycles. The second kappa shape index (κ2) is 14.3. The van der Waals surface area contributed by atoms with Gasteiger partial charge in [0.15, 0.2) is 17.5 Å². The lowest BCUT2D eigenvalue weighted by Gasteiger charge is -2.17. The molecule has 0 bridgehead atoms. The molecule has 0 saturated heterocycles. The van der Waals surface area contributed by atoms with Gasteiger partial charge >= 0.3 is 0 Å². The summed E-state index contributed by atoms with van der Waals surface area (Å²) in [5.74, 6) is 1.81. The van der Waals surface area contributed by atoms with Crippen molar-refractivity contribution in [3.8, 4) is 51.0 Å². The van der Waals surface area contributed by atoms with E-state index in [9.17, 15) is 0 Å². The molecule has 0 unspecified atom stereocenters. The number of nitrogens with zero attached hydrogens (tertiary/aromatic N) is 4. The standard InChI is InChI=1S/C61H36N4O/c1-2-16-37(17-3-1)59-62-60(64-61(63-59)57-44-23-9-6-20-40(44)32-41-21-7-10-24-45(41)57)48-31-30-43(65-53-28-14-12-26-47(53)51-33-38-18-4-5-19-39(38)35-54(51)65)36-50(48)52-34-42-22-8-11-25-46(42)58-56(52)49-27-13-15-29-55(49)66-58/h1-36H. The molecular weight excluding hydrogens is 805 g/mol. The van der Waals surface area contributed by atoms with Gasteiger partial charge in [0.2, 0.25) is 0 Å². The molecular formula is C61H36N4O. The molecule has 5 nitrogen and oxygen atoms in total. The van der Waals surface area contributed by atoms with E-state index in [1.165, 1.54) is 21.5 Å². The van der Waals surface area contributed by atoms with E-state index in [-0.39, 0.29) is 0 Å². The molecule has 11 aromatic carbocycles. The molecule has 0 radical (unpaired) electrons. The van der Waals surface area contributed by atoms with Crippen molar-refractivity contribution in [1.82, 2.24) is 19.5 Å². The molecule has 0 aliphatic rings. The van der Waals surface area contributed by atoms with E-state index in [4.69, 9.17) is 19.4 Å². The van der Waals surface area contributed by atoms with Crippen LogP contribution in [-0.4, -0.2) is 19.5 Å². The van der Waals surface area contributed by atoms with Crippen LogP contribution in [0.2, 0.25) is 0 Å². The predicted octanol–water partition coefficient (Wildman–Crippen LogP) is 16.1. The lowest BCUT2D eigenvalue weighted by atomic mass is 9.91. The zero-order valence-electron chi connectivity index (χ0n) is 35.5. The molecule has 0 amide bonds. The highest BCUT2D eigenvalue weighted by atomic mass is 16.3. The number of aromatic nitrogens is 4. The number of furan rings is 1. The molecule has 14 aromatic rings. The Labute approximate surface area is 378 Å². The minimum absolute atomic E-state index is 0.583. The van der Waals surface area contributed by atoms with Crippen LogP contribution < -0.4 is 0 Å². The summed E-state index contributed by atoms with van der Waals surface area (Å²) in [4.78, 5) is 16.3.